The molecule has 1 nitrogen and oxygen atoms in total. The second-order valence-corrected chi connectivity index (χ2v) is 8.87. The molecule has 1 aromatic rings. The van der Waals surface area contributed by atoms with Crippen LogP contribution in [-0.4, -0.2) is 0 Å². The van der Waals surface area contributed by atoms with Crippen molar-refractivity contribution in [2.45, 2.75) is 117 Å². The van der Waals surface area contributed by atoms with Crippen molar-refractivity contribution in [3.8, 4) is 0 Å². The van der Waals surface area contributed by atoms with Gasteiger partial charge in [0.15, 0.2) is 0 Å². The lowest BCUT2D eigenvalue weighted by molar-refractivity contribution is 0.255. The largest absolute Gasteiger partial charge is 0.324 e. The fourth-order valence-electron chi connectivity index (χ4n) is 3.87. The van der Waals surface area contributed by atoms with Crippen molar-refractivity contribution >= 4 is 12.4 Å². The molecule has 0 aliphatic rings. The summed E-state index contributed by atoms with van der Waals surface area (Å²) < 4.78 is 0. The maximum atomic E-state index is 6.52. The predicted molar refractivity (Wildman–Crippen MR) is 125 cm³/mol. The Morgan fingerprint density at radius 3 is 1.56 bits per heavy atom. The summed E-state index contributed by atoms with van der Waals surface area (Å²) in [5.74, 6) is 0. The van der Waals surface area contributed by atoms with Crippen LogP contribution in [0.25, 0.3) is 0 Å². The molecule has 2 heteroatoms. The Bertz CT molecular complexity index is 429. The zero-order valence-electron chi connectivity index (χ0n) is 18.3. The molecule has 0 spiro atoms. The Balaban J connectivity index is 0.00000676. The summed E-state index contributed by atoms with van der Waals surface area (Å²) in [6, 6.07) is 10.7. The summed E-state index contributed by atoms with van der Waals surface area (Å²) in [5.41, 5.74) is 7.97. The third-order valence-electron chi connectivity index (χ3n) is 5.93. The van der Waals surface area contributed by atoms with Gasteiger partial charge >= 0.3 is 0 Å². The van der Waals surface area contributed by atoms with Crippen LogP contribution < -0.4 is 5.73 Å². The minimum Gasteiger partial charge on any atom is -0.324 e. The summed E-state index contributed by atoms with van der Waals surface area (Å²) in [6.45, 7) is 6.94. The van der Waals surface area contributed by atoms with E-state index in [1.165, 1.54) is 95.5 Å². The molecule has 0 aliphatic carbocycles. The van der Waals surface area contributed by atoms with Gasteiger partial charge in [0.2, 0.25) is 0 Å². The minimum absolute atomic E-state index is 0. The van der Waals surface area contributed by atoms with E-state index in [1.54, 1.807) is 0 Å². The smallest absolute Gasteiger partial charge is 0.0346 e. The number of rotatable bonds is 16. The predicted octanol–water partition coefficient (Wildman–Crippen LogP) is 8.62. The molecule has 1 unspecified atom stereocenters. The number of halogens is 1. The third kappa shape index (κ3) is 12.5. The number of benzene rings is 1. The molecule has 1 aromatic carbocycles. The van der Waals surface area contributed by atoms with E-state index in [1.807, 2.05) is 0 Å². The maximum Gasteiger partial charge on any atom is 0.0346 e. The Hall–Kier alpha value is -0.530. The van der Waals surface area contributed by atoms with E-state index < -0.39 is 0 Å². The normalized spacial score (nSPS) is 12.6. The molecule has 0 saturated heterocycles. The van der Waals surface area contributed by atoms with Gasteiger partial charge in [-0.25, -0.2) is 0 Å². The van der Waals surface area contributed by atoms with E-state index in [2.05, 4.69) is 51.1 Å². The van der Waals surface area contributed by atoms with Crippen LogP contribution in [0.4, 0.5) is 0 Å². The molecule has 0 radical (unpaired) electrons. The highest BCUT2D eigenvalue weighted by molar-refractivity contribution is 5.85. The van der Waals surface area contributed by atoms with E-state index in [4.69, 9.17) is 5.73 Å². The van der Waals surface area contributed by atoms with E-state index in [0.717, 1.165) is 0 Å². The van der Waals surface area contributed by atoms with Crippen LogP contribution in [-0.2, 0) is 0 Å². The Labute approximate surface area is 176 Å². The van der Waals surface area contributed by atoms with Gasteiger partial charge in [0, 0.05) is 6.04 Å². The highest BCUT2D eigenvalue weighted by Gasteiger charge is 2.26. The van der Waals surface area contributed by atoms with Gasteiger partial charge in [-0.15, -0.1) is 12.4 Å². The van der Waals surface area contributed by atoms with E-state index in [0.29, 0.717) is 0 Å². The lowest BCUT2D eigenvalue weighted by Crippen LogP contribution is -2.29. The molecule has 0 fully saturated rings. The van der Waals surface area contributed by atoms with Gasteiger partial charge in [-0.05, 0) is 17.4 Å². The number of hydrogen-bond donors (Lipinski definition) is 1. The average molecular weight is 396 g/mol. The topological polar surface area (TPSA) is 26.0 Å². The molecule has 0 aromatic heterocycles. The molecular weight excluding hydrogens is 350 g/mol. The van der Waals surface area contributed by atoms with E-state index in [9.17, 15) is 0 Å². The molecular formula is C25H46ClN. The lowest BCUT2D eigenvalue weighted by atomic mass is 9.77. The summed E-state index contributed by atoms with van der Waals surface area (Å²) >= 11 is 0. The van der Waals surface area contributed by atoms with E-state index in [-0.39, 0.29) is 23.9 Å². The van der Waals surface area contributed by atoms with Crippen LogP contribution >= 0.6 is 12.4 Å². The van der Waals surface area contributed by atoms with Gasteiger partial charge in [-0.2, -0.15) is 0 Å². The SMILES string of the molecule is CCCCCCCCCCCCCCCC(C)(C)C(N)c1ccccc1.Cl. The van der Waals surface area contributed by atoms with E-state index >= 15 is 0 Å². The van der Waals surface area contributed by atoms with Crippen molar-refractivity contribution in [1.82, 2.24) is 0 Å². The fraction of sp³-hybridized carbons (Fsp3) is 0.760. The molecule has 0 saturated carbocycles. The third-order valence-corrected chi connectivity index (χ3v) is 5.93. The first kappa shape index (κ1) is 26.5. The minimum atomic E-state index is 0. The molecule has 0 bridgehead atoms. The standard InChI is InChI=1S/C25H45N.ClH/c1-4-5-6-7-8-9-10-11-12-13-14-15-19-22-25(2,3)24(26)23-20-17-16-18-21-23;/h16-18,20-21,24H,4-15,19,22,26H2,1-3H3;1H. The van der Waals surface area contributed by atoms with Gasteiger partial charge in [0.25, 0.3) is 0 Å². The number of unbranched alkanes of at least 4 members (excludes halogenated alkanes) is 12. The van der Waals surface area contributed by atoms with Crippen LogP contribution in [0.15, 0.2) is 30.3 Å². The lowest BCUT2D eigenvalue weighted by Gasteiger charge is -2.32. The van der Waals surface area contributed by atoms with Gasteiger partial charge in [-0.1, -0.05) is 135 Å². The Morgan fingerprint density at radius 1 is 0.704 bits per heavy atom. The second kappa shape index (κ2) is 16.4. The maximum absolute atomic E-state index is 6.52. The Morgan fingerprint density at radius 2 is 1.11 bits per heavy atom. The van der Waals surface area contributed by atoms with Gasteiger partial charge in [-0.3, -0.25) is 0 Å². The zero-order chi connectivity index (χ0) is 19.1. The molecule has 0 heterocycles. The quantitative estimate of drug-likeness (QED) is 0.278. The number of nitrogens with two attached hydrogens (primary N) is 1. The zero-order valence-corrected chi connectivity index (χ0v) is 19.2. The van der Waals surface area contributed by atoms with Crippen molar-refractivity contribution in [1.29, 1.82) is 0 Å². The molecule has 0 aliphatic heterocycles. The van der Waals surface area contributed by atoms with Gasteiger partial charge in [0.05, 0.1) is 0 Å². The molecule has 1 atom stereocenters. The second-order valence-electron chi connectivity index (χ2n) is 8.87. The molecule has 27 heavy (non-hydrogen) atoms. The van der Waals surface area contributed by atoms with Crippen LogP contribution in [0.5, 0.6) is 0 Å². The van der Waals surface area contributed by atoms with Crippen molar-refractivity contribution in [2.24, 2.45) is 11.1 Å². The van der Waals surface area contributed by atoms with Crippen LogP contribution in [0.3, 0.4) is 0 Å². The summed E-state index contributed by atoms with van der Waals surface area (Å²) in [5, 5.41) is 0. The highest BCUT2D eigenvalue weighted by atomic mass is 35.5. The van der Waals surface area contributed by atoms with Crippen molar-refractivity contribution < 1.29 is 0 Å². The molecule has 158 valence electrons. The van der Waals surface area contributed by atoms with Gasteiger partial charge in [0.1, 0.15) is 0 Å². The summed E-state index contributed by atoms with van der Waals surface area (Å²) in [6.07, 6.45) is 19.6. The van der Waals surface area contributed by atoms with Crippen molar-refractivity contribution in [2.75, 3.05) is 0 Å². The first-order valence-corrected chi connectivity index (χ1v) is 11.4. The van der Waals surface area contributed by atoms with Gasteiger partial charge < -0.3 is 5.73 Å². The molecule has 2 N–H and O–H groups in total. The number of hydrogen-bond acceptors (Lipinski definition) is 1. The summed E-state index contributed by atoms with van der Waals surface area (Å²) in [7, 11) is 0. The van der Waals surface area contributed by atoms with Crippen molar-refractivity contribution in [3.63, 3.8) is 0 Å². The molecule has 1 rings (SSSR count). The fourth-order valence-corrected chi connectivity index (χ4v) is 3.87. The first-order chi connectivity index (χ1) is 12.6. The van der Waals surface area contributed by atoms with Crippen LogP contribution in [0, 0.1) is 5.41 Å². The monoisotopic (exact) mass is 395 g/mol. The first-order valence-electron chi connectivity index (χ1n) is 11.4. The van der Waals surface area contributed by atoms with Crippen LogP contribution in [0.2, 0.25) is 0 Å². The van der Waals surface area contributed by atoms with Crippen LogP contribution in [0.1, 0.15) is 122 Å². The average Bonchev–Trinajstić information content (AvgIpc) is 2.65. The summed E-state index contributed by atoms with van der Waals surface area (Å²) in [4.78, 5) is 0. The Kier molecular flexibility index (Phi) is 16.1. The highest BCUT2D eigenvalue weighted by Crippen LogP contribution is 2.36. The molecule has 0 amide bonds. The van der Waals surface area contributed by atoms with Crippen molar-refractivity contribution in [3.05, 3.63) is 35.9 Å².